The van der Waals surface area contributed by atoms with Crippen LogP contribution in [-0.2, 0) is 9.59 Å². The second-order valence-electron chi connectivity index (χ2n) is 4.81. The summed E-state index contributed by atoms with van der Waals surface area (Å²) in [6.07, 6.45) is 0.149. The number of para-hydroxylation sites is 1. The summed E-state index contributed by atoms with van der Waals surface area (Å²) in [5, 5.41) is 3.70. The van der Waals surface area contributed by atoms with Crippen molar-refractivity contribution in [3.05, 3.63) is 59.6 Å². The van der Waals surface area contributed by atoms with E-state index in [1.165, 1.54) is 4.90 Å². The number of nitrogens with zero attached hydrogens (tertiary/aromatic N) is 1. The maximum atomic E-state index is 12.4. The van der Waals surface area contributed by atoms with Crippen molar-refractivity contribution in [1.82, 2.24) is 0 Å². The SMILES string of the molecule is O=C1C[C@H](Nc2ccc(Cl)cc2)C(=O)N1c1ccccc1. The van der Waals surface area contributed by atoms with Crippen LogP contribution in [0, 0.1) is 0 Å². The fraction of sp³-hybridized carbons (Fsp3) is 0.125. The number of hydrogen-bond acceptors (Lipinski definition) is 3. The number of halogens is 1. The number of nitrogens with one attached hydrogen (secondary N) is 1. The fourth-order valence-electron chi connectivity index (χ4n) is 2.34. The monoisotopic (exact) mass is 300 g/mol. The Kier molecular flexibility index (Phi) is 3.62. The molecule has 2 aromatic rings. The van der Waals surface area contributed by atoms with Crippen molar-refractivity contribution in [2.24, 2.45) is 0 Å². The molecule has 1 aliphatic rings. The zero-order valence-corrected chi connectivity index (χ0v) is 11.9. The van der Waals surface area contributed by atoms with Crippen molar-refractivity contribution in [2.75, 3.05) is 10.2 Å². The topological polar surface area (TPSA) is 49.4 Å². The fourth-order valence-corrected chi connectivity index (χ4v) is 2.47. The van der Waals surface area contributed by atoms with Crippen LogP contribution in [0.4, 0.5) is 11.4 Å². The Bertz CT molecular complexity index is 670. The summed E-state index contributed by atoms with van der Waals surface area (Å²) in [5.41, 5.74) is 1.37. The Morgan fingerprint density at radius 2 is 1.67 bits per heavy atom. The number of carbonyl (C=O) groups excluding carboxylic acids is 2. The summed E-state index contributed by atoms with van der Waals surface area (Å²) in [7, 11) is 0. The van der Waals surface area contributed by atoms with Crippen LogP contribution in [0.2, 0.25) is 5.02 Å². The van der Waals surface area contributed by atoms with Gasteiger partial charge in [-0.2, -0.15) is 0 Å². The van der Waals surface area contributed by atoms with E-state index in [0.29, 0.717) is 10.7 Å². The molecule has 5 heteroatoms. The third-order valence-electron chi connectivity index (χ3n) is 3.35. The lowest BCUT2D eigenvalue weighted by Gasteiger charge is -2.16. The number of hydrogen-bond donors (Lipinski definition) is 1. The Balaban J connectivity index is 1.79. The molecular weight excluding hydrogens is 288 g/mol. The summed E-state index contributed by atoms with van der Waals surface area (Å²) in [4.78, 5) is 25.7. The number of anilines is 2. The second-order valence-corrected chi connectivity index (χ2v) is 5.25. The van der Waals surface area contributed by atoms with E-state index in [1.54, 1.807) is 48.5 Å². The summed E-state index contributed by atoms with van der Waals surface area (Å²) in [6, 6.07) is 15.4. The van der Waals surface area contributed by atoms with Crippen molar-refractivity contribution >= 4 is 34.8 Å². The molecule has 106 valence electrons. The number of carbonyl (C=O) groups is 2. The average Bonchev–Trinajstić information content (AvgIpc) is 2.77. The number of rotatable bonds is 3. The minimum atomic E-state index is -0.543. The van der Waals surface area contributed by atoms with Gasteiger partial charge in [0.15, 0.2) is 0 Å². The van der Waals surface area contributed by atoms with E-state index in [1.807, 2.05) is 6.07 Å². The van der Waals surface area contributed by atoms with Crippen LogP contribution in [0.3, 0.4) is 0 Å². The Morgan fingerprint density at radius 1 is 1.00 bits per heavy atom. The standard InChI is InChI=1S/C16H13ClN2O2/c17-11-6-8-12(9-7-11)18-14-10-15(20)19(16(14)21)13-4-2-1-3-5-13/h1-9,14,18H,10H2/t14-/m0/s1. The van der Waals surface area contributed by atoms with Gasteiger partial charge in [0.05, 0.1) is 12.1 Å². The van der Waals surface area contributed by atoms with E-state index in [-0.39, 0.29) is 18.2 Å². The molecule has 1 heterocycles. The number of benzene rings is 2. The second kappa shape index (κ2) is 5.58. The number of amides is 2. The van der Waals surface area contributed by atoms with E-state index in [9.17, 15) is 9.59 Å². The molecule has 0 aromatic heterocycles. The van der Waals surface area contributed by atoms with Crippen LogP contribution < -0.4 is 10.2 Å². The van der Waals surface area contributed by atoms with Gasteiger partial charge in [-0.1, -0.05) is 29.8 Å². The van der Waals surface area contributed by atoms with Crippen molar-refractivity contribution in [3.8, 4) is 0 Å². The Morgan fingerprint density at radius 3 is 2.33 bits per heavy atom. The molecule has 1 saturated heterocycles. The first kappa shape index (κ1) is 13.6. The van der Waals surface area contributed by atoms with E-state index < -0.39 is 6.04 Å². The van der Waals surface area contributed by atoms with E-state index in [2.05, 4.69) is 5.32 Å². The molecule has 0 spiro atoms. The zero-order valence-electron chi connectivity index (χ0n) is 11.1. The van der Waals surface area contributed by atoms with Crippen molar-refractivity contribution in [2.45, 2.75) is 12.5 Å². The molecule has 2 aromatic carbocycles. The van der Waals surface area contributed by atoms with Gasteiger partial charge in [0.25, 0.3) is 5.91 Å². The maximum Gasteiger partial charge on any atom is 0.256 e. The Labute approximate surface area is 127 Å². The van der Waals surface area contributed by atoms with E-state index in [4.69, 9.17) is 11.6 Å². The summed E-state index contributed by atoms with van der Waals surface area (Å²) >= 11 is 5.83. The van der Waals surface area contributed by atoms with Crippen molar-refractivity contribution < 1.29 is 9.59 Å². The molecule has 0 bridgehead atoms. The van der Waals surface area contributed by atoms with E-state index in [0.717, 1.165) is 5.69 Å². The molecule has 21 heavy (non-hydrogen) atoms. The summed E-state index contributed by atoms with van der Waals surface area (Å²) in [6.45, 7) is 0. The highest BCUT2D eigenvalue weighted by atomic mass is 35.5. The van der Waals surface area contributed by atoms with Crippen LogP contribution in [0.25, 0.3) is 0 Å². The lowest BCUT2D eigenvalue weighted by molar-refractivity contribution is -0.121. The predicted molar refractivity (Wildman–Crippen MR) is 82.4 cm³/mol. The van der Waals surface area contributed by atoms with Crippen molar-refractivity contribution in [3.63, 3.8) is 0 Å². The molecule has 2 amide bonds. The highest BCUT2D eigenvalue weighted by Crippen LogP contribution is 2.25. The van der Waals surface area contributed by atoms with Crippen LogP contribution in [-0.4, -0.2) is 17.9 Å². The minimum absolute atomic E-state index is 0.149. The van der Waals surface area contributed by atoms with Crippen LogP contribution in [0.1, 0.15) is 6.42 Å². The molecule has 1 atom stereocenters. The van der Waals surface area contributed by atoms with Gasteiger partial charge in [-0.15, -0.1) is 0 Å². The lowest BCUT2D eigenvalue weighted by atomic mass is 10.2. The molecular formula is C16H13ClN2O2. The highest BCUT2D eigenvalue weighted by molar-refractivity contribution is 6.30. The van der Waals surface area contributed by atoms with Gasteiger partial charge in [-0.25, -0.2) is 4.90 Å². The van der Waals surface area contributed by atoms with Gasteiger partial charge >= 0.3 is 0 Å². The predicted octanol–water partition coefficient (Wildman–Crippen LogP) is 3.08. The largest absolute Gasteiger partial charge is 0.373 e. The van der Waals surface area contributed by atoms with Crippen LogP contribution in [0.15, 0.2) is 54.6 Å². The average molecular weight is 301 g/mol. The Hall–Kier alpha value is -2.33. The van der Waals surface area contributed by atoms with Gasteiger partial charge in [-0.05, 0) is 36.4 Å². The molecule has 3 rings (SSSR count). The molecule has 0 radical (unpaired) electrons. The quantitative estimate of drug-likeness (QED) is 0.886. The molecule has 1 fully saturated rings. The normalized spacial score (nSPS) is 18.1. The van der Waals surface area contributed by atoms with Crippen LogP contribution >= 0.6 is 11.6 Å². The molecule has 0 unspecified atom stereocenters. The van der Waals surface area contributed by atoms with Gasteiger partial charge in [0.2, 0.25) is 5.91 Å². The first-order valence-electron chi connectivity index (χ1n) is 6.59. The first-order valence-corrected chi connectivity index (χ1v) is 6.97. The van der Waals surface area contributed by atoms with Crippen molar-refractivity contribution in [1.29, 1.82) is 0 Å². The van der Waals surface area contributed by atoms with Gasteiger partial charge in [-0.3, -0.25) is 9.59 Å². The molecule has 1 aliphatic heterocycles. The first-order chi connectivity index (χ1) is 10.1. The molecule has 1 N–H and O–H groups in total. The van der Waals surface area contributed by atoms with Gasteiger partial charge in [0, 0.05) is 10.7 Å². The number of imide groups is 1. The third kappa shape index (κ3) is 2.76. The highest BCUT2D eigenvalue weighted by Gasteiger charge is 2.39. The van der Waals surface area contributed by atoms with Gasteiger partial charge in [0.1, 0.15) is 6.04 Å². The molecule has 0 aliphatic carbocycles. The molecule has 0 saturated carbocycles. The van der Waals surface area contributed by atoms with Crippen LogP contribution in [0.5, 0.6) is 0 Å². The lowest BCUT2D eigenvalue weighted by Crippen LogP contribution is -2.34. The minimum Gasteiger partial charge on any atom is -0.373 e. The maximum absolute atomic E-state index is 12.4. The zero-order chi connectivity index (χ0) is 14.8. The van der Waals surface area contributed by atoms with Gasteiger partial charge < -0.3 is 5.32 Å². The summed E-state index contributed by atoms with van der Waals surface area (Å²) in [5.74, 6) is -0.432. The smallest absolute Gasteiger partial charge is 0.256 e. The summed E-state index contributed by atoms with van der Waals surface area (Å²) < 4.78 is 0. The third-order valence-corrected chi connectivity index (χ3v) is 3.60. The molecule has 4 nitrogen and oxygen atoms in total. The van der Waals surface area contributed by atoms with E-state index >= 15 is 0 Å².